The first-order chi connectivity index (χ1) is 22.7. The van der Waals surface area contributed by atoms with Crippen molar-refractivity contribution in [1.82, 2.24) is 4.98 Å². The summed E-state index contributed by atoms with van der Waals surface area (Å²) < 4.78 is 1.32. The number of hydrogen-bond donors (Lipinski definition) is 1. The lowest BCUT2D eigenvalue weighted by atomic mass is 9.67. The minimum atomic E-state index is -0.388. The lowest BCUT2D eigenvalue weighted by Crippen LogP contribution is -2.32. The molecule has 4 heteroatoms. The number of rotatable bonds is 4. The number of hydrogen-bond acceptors (Lipinski definition) is 4. The van der Waals surface area contributed by atoms with Crippen molar-refractivity contribution in [2.24, 2.45) is 0 Å². The third kappa shape index (κ3) is 3.93. The molecule has 0 amide bonds. The molecule has 0 bridgehead atoms. The fourth-order valence-electron chi connectivity index (χ4n) is 7.67. The maximum atomic E-state index is 4.92. The summed E-state index contributed by atoms with van der Waals surface area (Å²) in [7, 11) is 0. The van der Waals surface area contributed by atoms with Crippen LogP contribution in [0.5, 0.6) is 0 Å². The zero-order valence-electron chi connectivity index (χ0n) is 25.5. The van der Waals surface area contributed by atoms with Gasteiger partial charge in [0.25, 0.3) is 0 Å². The maximum absolute atomic E-state index is 4.92. The van der Waals surface area contributed by atoms with E-state index in [1.54, 1.807) is 0 Å². The van der Waals surface area contributed by atoms with Gasteiger partial charge in [0.15, 0.2) is 0 Å². The van der Waals surface area contributed by atoms with E-state index >= 15 is 0 Å². The van der Waals surface area contributed by atoms with E-state index < -0.39 is 0 Å². The minimum absolute atomic E-state index is 0.388. The minimum Gasteiger partial charge on any atom is -0.340 e. The van der Waals surface area contributed by atoms with Crippen LogP contribution < -0.4 is 5.32 Å². The van der Waals surface area contributed by atoms with Crippen LogP contribution in [0.1, 0.15) is 45.2 Å². The van der Waals surface area contributed by atoms with Gasteiger partial charge < -0.3 is 5.32 Å². The molecule has 0 atom stereocenters. The van der Waals surface area contributed by atoms with Crippen LogP contribution in [0, 0.1) is 6.92 Å². The molecule has 1 aliphatic carbocycles. The second-order valence-corrected chi connectivity index (χ2v) is 14.3. The van der Waals surface area contributed by atoms with Gasteiger partial charge in [-0.1, -0.05) is 103 Å². The molecule has 7 aromatic rings. The molecule has 0 unspecified atom stereocenters. The molecule has 1 spiro atoms. The van der Waals surface area contributed by atoms with Crippen LogP contribution in [0.4, 0.5) is 11.5 Å². The molecule has 2 aliphatic rings. The molecule has 5 aromatic carbocycles. The van der Waals surface area contributed by atoms with Crippen LogP contribution in [0.15, 0.2) is 149 Å². The monoisotopic (exact) mass is 626 g/mol. The van der Waals surface area contributed by atoms with E-state index in [4.69, 9.17) is 4.98 Å². The van der Waals surface area contributed by atoms with Crippen LogP contribution in [-0.4, -0.2) is 4.98 Å². The standard InChI is InChI=1S/C42H30N2S2/c1-3-29(41-26(2)45-37-18-10-6-14-32(37)41)27-20-23-40(43-25-27)44-28-21-22-39-36(24-28)42(35-17-9-11-19-38(35)46-39)33-15-7-4-12-30(33)31-13-5-8-16-34(31)42/h3-25H,1-2H3,(H,43,44)/b29-3-. The van der Waals surface area contributed by atoms with Gasteiger partial charge in [-0.15, -0.1) is 11.3 Å². The Balaban J connectivity index is 1.13. The number of allylic oxidation sites excluding steroid dienone is 1. The first-order valence-corrected chi connectivity index (χ1v) is 17.3. The molecule has 0 saturated heterocycles. The van der Waals surface area contributed by atoms with Gasteiger partial charge in [0, 0.05) is 47.8 Å². The Labute approximate surface area is 277 Å². The number of benzene rings is 5. The average molecular weight is 627 g/mol. The Hall–Kier alpha value is -4.90. The van der Waals surface area contributed by atoms with E-state index in [9.17, 15) is 0 Å². The molecule has 2 nitrogen and oxygen atoms in total. The van der Waals surface area contributed by atoms with E-state index in [-0.39, 0.29) is 5.41 Å². The third-order valence-corrected chi connectivity index (χ3v) is 11.8. The molecule has 1 N–H and O–H groups in total. The molecule has 1 aliphatic heterocycles. The quantitative estimate of drug-likeness (QED) is 0.210. The number of nitrogens with zero attached hydrogens (tertiary/aromatic N) is 1. The van der Waals surface area contributed by atoms with Gasteiger partial charge in [-0.3, -0.25) is 0 Å². The highest BCUT2D eigenvalue weighted by Crippen LogP contribution is 2.62. The molecular formula is C42H30N2S2. The van der Waals surface area contributed by atoms with Gasteiger partial charge in [0.05, 0.1) is 5.41 Å². The molecule has 220 valence electrons. The molecule has 0 fully saturated rings. The zero-order valence-corrected chi connectivity index (χ0v) is 27.2. The summed E-state index contributed by atoms with van der Waals surface area (Å²) in [6.45, 7) is 4.33. The van der Waals surface area contributed by atoms with Gasteiger partial charge in [0.1, 0.15) is 5.82 Å². The van der Waals surface area contributed by atoms with Crippen molar-refractivity contribution in [2.75, 3.05) is 5.32 Å². The Morgan fingerprint density at radius 3 is 2.11 bits per heavy atom. The van der Waals surface area contributed by atoms with Gasteiger partial charge >= 0.3 is 0 Å². The van der Waals surface area contributed by atoms with Gasteiger partial charge in [-0.05, 0) is 95.3 Å². The first-order valence-electron chi connectivity index (χ1n) is 15.7. The maximum Gasteiger partial charge on any atom is 0.130 e. The van der Waals surface area contributed by atoms with Gasteiger partial charge in [0.2, 0.25) is 0 Å². The second kappa shape index (κ2) is 10.6. The highest BCUT2D eigenvalue weighted by Gasteiger charge is 2.50. The highest BCUT2D eigenvalue weighted by molar-refractivity contribution is 7.99. The Morgan fingerprint density at radius 1 is 0.696 bits per heavy atom. The molecule has 9 rings (SSSR count). The first kappa shape index (κ1) is 27.4. The van der Waals surface area contributed by atoms with Crippen molar-refractivity contribution in [3.63, 3.8) is 0 Å². The smallest absolute Gasteiger partial charge is 0.130 e. The van der Waals surface area contributed by atoms with Crippen LogP contribution in [0.25, 0.3) is 26.8 Å². The van der Waals surface area contributed by atoms with Crippen LogP contribution in [-0.2, 0) is 5.41 Å². The largest absolute Gasteiger partial charge is 0.340 e. The van der Waals surface area contributed by atoms with Crippen LogP contribution >= 0.6 is 23.1 Å². The Bertz CT molecular complexity index is 2300. The van der Waals surface area contributed by atoms with Crippen molar-refractivity contribution < 1.29 is 0 Å². The van der Waals surface area contributed by atoms with Crippen molar-refractivity contribution in [2.45, 2.75) is 29.1 Å². The number of thiophene rings is 1. The summed E-state index contributed by atoms with van der Waals surface area (Å²) >= 11 is 3.72. The van der Waals surface area contributed by atoms with E-state index in [2.05, 4.69) is 153 Å². The lowest BCUT2D eigenvalue weighted by Gasteiger charge is -2.39. The molecule has 0 radical (unpaired) electrons. The Kier molecular flexibility index (Phi) is 6.31. The molecule has 46 heavy (non-hydrogen) atoms. The molecule has 0 saturated carbocycles. The summed E-state index contributed by atoms with van der Waals surface area (Å²) in [5.74, 6) is 0.830. The zero-order chi connectivity index (χ0) is 30.8. The summed E-state index contributed by atoms with van der Waals surface area (Å²) in [4.78, 5) is 8.85. The van der Waals surface area contributed by atoms with E-state index in [0.29, 0.717) is 0 Å². The van der Waals surface area contributed by atoms with E-state index in [0.717, 1.165) is 17.1 Å². The number of nitrogens with one attached hydrogen (secondary N) is 1. The Morgan fingerprint density at radius 2 is 1.37 bits per heavy atom. The lowest BCUT2D eigenvalue weighted by molar-refractivity contribution is 0.723. The summed E-state index contributed by atoms with van der Waals surface area (Å²) in [6.07, 6.45) is 4.21. The number of pyridine rings is 1. The highest BCUT2D eigenvalue weighted by atomic mass is 32.2. The van der Waals surface area contributed by atoms with E-state index in [1.165, 1.54) is 69.3 Å². The van der Waals surface area contributed by atoms with Crippen molar-refractivity contribution in [3.05, 3.63) is 178 Å². The van der Waals surface area contributed by atoms with Crippen LogP contribution in [0.2, 0.25) is 0 Å². The third-order valence-electron chi connectivity index (χ3n) is 9.52. The topological polar surface area (TPSA) is 24.9 Å². The summed E-state index contributed by atoms with van der Waals surface area (Å²) in [5, 5.41) is 4.96. The van der Waals surface area contributed by atoms with Crippen molar-refractivity contribution >= 4 is 50.3 Å². The summed E-state index contributed by atoms with van der Waals surface area (Å²) in [6, 6.07) is 46.6. The van der Waals surface area contributed by atoms with Gasteiger partial charge in [-0.2, -0.15) is 0 Å². The van der Waals surface area contributed by atoms with Gasteiger partial charge in [-0.25, -0.2) is 4.98 Å². The van der Waals surface area contributed by atoms with Crippen molar-refractivity contribution in [3.8, 4) is 11.1 Å². The molecule has 2 aromatic heterocycles. The predicted molar refractivity (Wildman–Crippen MR) is 195 cm³/mol. The van der Waals surface area contributed by atoms with E-state index in [1.807, 2.05) is 29.3 Å². The molecular weight excluding hydrogens is 597 g/mol. The van der Waals surface area contributed by atoms with Crippen LogP contribution in [0.3, 0.4) is 0 Å². The fourth-order valence-corrected chi connectivity index (χ4v) is 9.92. The average Bonchev–Trinajstić information content (AvgIpc) is 3.59. The number of fused-ring (bicyclic) bond motifs is 10. The summed E-state index contributed by atoms with van der Waals surface area (Å²) in [5.41, 5.74) is 12.3. The SMILES string of the molecule is C/C=C(/c1ccc(Nc2ccc3c(c2)C2(c4ccccc4S3)c3ccccc3-c3ccccc32)nc1)c1c(C)sc2ccccc12. The molecule has 3 heterocycles. The fraction of sp³-hybridized carbons (Fsp3) is 0.0714. The number of aromatic nitrogens is 1. The second-order valence-electron chi connectivity index (χ2n) is 11.9. The van der Waals surface area contributed by atoms with Crippen molar-refractivity contribution in [1.29, 1.82) is 0 Å². The number of anilines is 2. The predicted octanol–water partition coefficient (Wildman–Crippen LogP) is 11.6. The number of aryl methyl sites for hydroxylation is 1. The normalized spacial score (nSPS) is 14.1.